The van der Waals surface area contributed by atoms with Crippen molar-refractivity contribution < 1.29 is 5.11 Å². The molecule has 3 aromatic carbocycles. The van der Waals surface area contributed by atoms with E-state index in [9.17, 15) is 10.5 Å². The first-order valence-corrected chi connectivity index (χ1v) is 13.2. The zero-order valence-electron chi connectivity index (χ0n) is 20.9. The van der Waals surface area contributed by atoms with Crippen molar-refractivity contribution in [2.24, 2.45) is 0 Å². The topological polar surface area (TPSA) is 66.8 Å². The van der Waals surface area contributed by atoms with E-state index < -0.39 is 6.10 Å². The van der Waals surface area contributed by atoms with Gasteiger partial charge in [-0.25, -0.2) is 4.98 Å². The molecule has 0 amide bonds. The minimum Gasteiger partial charge on any atom is -0.391 e. The van der Waals surface area contributed by atoms with Crippen molar-refractivity contribution in [3.8, 4) is 22.4 Å². The molecule has 2 N–H and O–H groups in total. The van der Waals surface area contributed by atoms with Gasteiger partial charge in [0.1, 0.15) is 11.1 Å². The largest absolute Gasteiger partial charge is 0.391 e. The molecule has 0 saturated heterocycles. The standard InChI is InChI=1S/C32H32N4O/c33-31-29-28(24-14-6-2-7-15-24)30(25-16-8-3-9-17-25)35(21-20-23-12-4-1-5-13-23)32(29)34-22-36(31)26-18-10-11-19-27(26)37/h1-9,12-17,22,26-27,33,37H,10-11,18-21H2/t26-,27-/m1/s1. The summed E-state index contributed by atoms with van der Waals surface area (Å²) in [5.74, 6) is 0. The predicted octanol–water partition coefficient (Wildman–Crippen LogP) is 6.37. The Labute approximate surface area is 217 Å². The van der Waals surface area contributed by atoms with Gasteiger partial charge < -0.3 is 14.2 Å². The fraction of sp³-hybridized carbons (Fsp3) is 0.250. The summed E-state index contributed by atoms with van der Waals surface area (Å²) in [7, 11) is 0. The Morgan fingerprint density at radius 1 is 0.811 bits per heavy atom. The third kappa shape index (κ3) is 4.40. The maximum Gasteiger partial charge on any atom is 0.146 e. The lowest BCUT2D eigenvalue weighted by atomic mass is 9.92. The van der Waals surface area contributed by atoms with Crippen molar-refractivity contribution in [3.05, 3.63) is 108 Å². The van der Waals surface area contributed by atoms with Crippen molar-refractivity contribution in [1.29, 1.82) is 5.41 Å². The van der Waals surface area contributed by atoms with E-state index in [1.165, 1.54) is 5.56 Å². The van der Waals surface area contributed by atoms with Gasteiger partial charge in [-0.15, -0.1) is 0 Å². The molecule has 0 bridgehead atoms. The van der Waals surface area contributed by atoms with Gasteiger partial charge >= 0.3 is 0 Å². The quantitative estimate of drug-likeness (QED) is 0.292. The minimum absolute atomic E-state index is 0.116. The maximum atomic E-state index is 10.8. The molecule has 0 spiro atoms. The highest BCUT2D eigenvalue weighted by molar-refractivity contribution is 6.02. The number of hydrogen-bond acceptors (Lipinski definition) is 3. The van der Waals surface area contributed by atoms with E-state index in [4.69, 9.17) is 4.98 Å². The molecule has 5 aromatic rings. The Morgan fingerprint density at radius 2 is 1.43 bits per heavy atom. The van der Waals surface area contributed by atoms with Crippen LogP contribution in [0.4, 0.5) is 0 Å². The van der Waals surface area contributed by atoms with Crippen molar-refractivity contribution in [3.63, 3.8) is 0 Å². The highest BCUT2D eigenvalue weighted by atomic mass is 16.3. The zero-order chi connectivity index (χ0) is 25.2. The van der Waals surface area contributed by atoms with Gasteiger partial charge in [-0.2, -0.15) is 0 Å². The second-order valence-corrected chi connectivity index (χ2v) is 9.96. The number of hydrogen-bond donors (Lipinski definition) is 2. The number of aliphatic hydroxyl groups excluding tert-OH is 1. The fourth-order valence-electron chi connectivity index (χ4n) is 5.82. The van der Waals surface area contributed by atoms with Gasteiger partial charge in [0.2, 0.25) is 0 Å². The van der Waals surface area contributed by atoms with Gasteiger partial charge in [0.05, 0.1) is 29.6 Å². The fourth-order valence-corrected chi connectivity index (χ4v) is 5.82. The second-order valence-electron chi connectivity index (χ2n) is 9.96. The van der Waals surface area contributed by atoms with Crippen LogP contribution in [0.2, 0.25) is 0 Å². The molecular weight excluding hydrogens is 456 g/mol. The second kappa shape index (κ2) is 10.2. The third-order valence-corrected chi connectivity index (χ3v) is 7.66. The highest BCUT2D eigenvalue weighted by Gasteiger charge is 2.28. The van der Waals surface area contributed by atoms with Gasteiger partial charge in [0, 0.05) is 12.1 Å². The minimum atomic E-state index is -0.448. The molecule has 0 unspecified atom stereocenters. The summed E-state index contributed by atoms with van der Waals surface area (Å²) in [6.07, 6.45) is 5.93. The molecule has 186 valence electrons. The molecule has 0 aliphatic heterocycles. The molecular formula is C32H32N4O. The monoisotopic (exact) mass is 488 g/mol. The number of aliphatic hydroxyl groups is 1. The zero-order valence-corrected chi connectivity index (χ0v) is 20.9. The molecule has 37 heavy (non-hydrogen) atoms. The lowest BCUT2D eigenvalue weighted by molar-refractivity contribution is 0.0729. The normalized spacial score (nSPS) is 17.8. The summed E-state index contributed by atoms with van der Waals surface area (Å²) in [5.41, 5.74) is 6.81. The Bertz CT molecular complexity index is 1560. The van der Waals surface area contributed by atoms with Gasteiger partial charge in [-0.3, -0.25) is 5.41 Å². The summed E-state index contributed by atoms with van der Waals surface area (Å²) in [4.78, 5) is 4.99. The number of aryl methyl sites for hydroxylation is 2. The lowest BCUT2D eigenvalue weighted by Gasteiger charge is -2.29. The van der Waals surface area contributed by atoms with Crippen molar-refractivity contribution in [1.82, 2.24) is 14.1 Å². The summed E-state index contributed by atoms with van der Waals surface area (Å²) in [6, 6.07) is 31.2. The van der Waals surface area contributed by atoms with Crippen LogP contribution in [0.1, 0.15) is 37.3 Å². The molecule has 5 nitrogen and oxygen atoms in total. The summed E-state index contributed by atoms with van der Waals surface area (Å²) in [5, 5.41) is 21.1. The smallest absolute Gasteiger partial charge is 0.146 e. The molecule has 2 atom stereocenters. The third-order valence-electron chi connectivity index (χ3n) is 7.66. The average Bonchev–Trinajstić information content (AvgIpc) is 3.29. The van der Waals surface area contributed by atoms with E-state index in [1.54, 1.807) is 6.33 Å². The van der Waals surface area contributed by atoms with Crippen LogP contribution in [0.3, 0.4) is 0 Å². The number of nitrogens with one attached hydrogen (secondary N) is 1. The van der Waals surface area contributed by atoms with Crippen LogP contribution in [-0.4, -0.2) is 25.3 Å². The first kappa shape index (κ1) is 23.4. The van der Waals surface area contributed by atoms with Crippen molar-refractivity contribution in [2.75, 3.05) is 0 Å². The van der Waals surface area contributed by atoms with E-state index in [-0.39, 0.29) is 6.04 Å². The van der Waals surface area contributed by atoms with Crippen LogP contribution in [0.25, 0.3) is 33.4 Å². The van der Waals surface area contributed by atoms with Crippen LogP contribution >= 0.6 is 0 Å². The SMILES string of the molecule is N=c1c2c(-c3ccccc3)c(-c3ccccc3)n(CCc3ccccc3)c2ncn1[C@@H]1CCCC[C@H]1O. The van der Waals surface area contributed by atoms with Gasteiger partial charge in [-0.05, 0) is 36.0 Å². The molecule has 1 aliphatic carbocycles. The molecule has 2 aromatic heterocycles. The number of benzene rings is 3. The molecule has 1 fully saturated rings. The Kier molecular flexibility index (Phi) is 6.46. The van der Waals surface area contributed by atoms with Gasteiger partial charge in [-0.1, -0.05) is 104 Å². The van der Waals surface area contributed by atoms with Gasteiger partial charge in [0.25, 0.3) is 0 Å². The van der Waals surface area contributed by atoms with Gasteiger partial charge in [0.15, 0.2) is 0 Å². The van der Waals surface area contributed by atoms with Crippen LogP contribution in [0, 0.1) is 5.41 Å². The van der Waals surface area contributed by atoms with E-state index in [0.717, 1.165) is 72.1 Å². The first-order valence-electron chi connectivity index (χ1n) is 13.2. The molecule has 1 saturated carbocycles. The van der Waals surface area contributed by atoms with Crippen LogP contribution in [-0.2, 0) is 13.0 Å². The van der Waals surface area contributed by atoms with E-state index in [1.807, 2.05) is 22.8 Å². The van der Waals surface area contributed by atoms with Crippen LogP contribution in [0.15, 0.2) is 97.3 Å². The maximum absolute atomic E-state index is 10.8. The molecule has 0 radical (unpaired) electrons. The first-order chi connectivity index (χ1) is 18.2. The van der Waals surface area contributed by atoms with Crippen molar-refractivity contribution >= 4 is 11.0 Å². The number of nitrogens with zero attached hydrogens (tertiary/aromatic N) is 3. The number of fused-ring (bicyclic) bond motifs is 1. The Hall–Kier alpha value is -3.96. The molecule has 2 heterocycles. The predicted molar refractivity (Wildman–Crippen MR) is 148 cm³/mol. The highest BCUT2D eigenvalue weighted by Crippen LogP contribution is 2.39. The molecule has 6 rings (SSSR count). The van der Waals surface area contributed by atoms with E-state index in [2.05, 4.69) is 77.4 Å². The van der Waals surface area contributed by atoms with Crippen LogP contribution < -0.4 is 5.49 Å². The summed E-state index contributed by atoms with van der Waals surface area (Å²) >= 11 is 0. The lowest BCUT2D eigenvalue weighted by Crippen LogP contribution is -2.35. The Morgan fingerprint density at radius 3 is 2.11 bits per heavy atom. The summed E-state index contributed by atoms with van der Waals surface area (Å²) < 4.78 is 4.20. The number of aromatic nitrogens is 3. The van der Waals surface area contributed by atoms with Crippen LogP contribution in [0.5, 0.6) is 0 Å². The van der Waals surface area contributed by atoms with E-state index >= 15 is 0 Å². The molecule has 1 aliphatic rings. The summed E-state index contributed by atoms with van der Waals surface area (Å²) in [6.45, 7) is 0.750. The van der Waals surface area contributed by atoms with Crippen molar-refractivity contribution in [2.45, 2.75) is 50.8 Å². The average molecular weight is 489 g/mol. The van der Waals surface area contributed by atoms with E-state index in [0.29, 0.717) is 5.49 Å². The number of rotatable bonds is 6. The Balaban J connectivity index is 1.63. The molecule has 5 heteroatoms.